The van der Waals surface area contributed by atoms with E-state index < -0.39 is 0 Å². The number of hydrogen-bond acceptors (Lipinski definition) is 1. The van der Waals surface area contributed by atoms with Crippen LogP contribution in [0.15, 0.2) is 79.0 Å². The molecule has 228 valence electrons. The summed E-state index contributed by atoms with van der Waals surface area (Å²) < 4.78 is 0. The number of aromatic nitrogens is 1. The standard InChI is InChI=1S/C20H14N.C11H12.4C2H6.Ar.Ir/c1-2-9-17-13(5-1)11-14-6-3-7-15-12-16-8-4-10-21-20(16)19(17)18(14)15;1-2-6-10(7-3-1)11-8-4-5-9-11;4*1-2;;/h1-8,10,19H,11-12H2;1-3,6,8,11H,4-5,9H2;4*1-2H3;;/q-1;-2;;;;;;+3. The molecular formula is C39H50ArIrN. The molecule has 4 aromatic rings. The van der Waals surface area contributed by atoms with Crippen molar-refractivity contribution in [1.29, 1.82) is 0 Å². The van der Waals surface area contributed by atoms with E-state index in [4.69, 9.17) is 4.98 Å². The first kappa shape index (κ1) is 40.7. The third kappa shape index (κ3) is 10.1. The van der Waals surface area contributed by atoms with Crippen molar-refractivity contribution in [2.45, 2.75) is 99.3 Å². The maximum absolute atomic E-state index is 4.72. The van der Waals surface area contributed by atoms with Crippen molar-refractivity contribution < 1.29 is 57.8 Å². The molecule has 1 nitrogen and oxygen atoms in total. The predicted molar refractivity (Wildman–Crippen MR) is 174 cm³/mol. The van der Waals surface area contributed by atoms with Crippen molar-refractivity contribution in [3.63, 3.8) is 0 Å². The van der Waals surface area contributed by atoms with E-state index in [1.165, 1.54) is 63.9 Å². The molecule has 1 heterocycles. The Hall–Kier alpha value is -1.28. The Kier molecular flexibility index (Phi) is 22.4. The maximum atomic E-state index is 4.72. The van der Waals surface area contributed by atoms with Gasteiger partial charge in [0.15, 0.2) is 0 Å². The van der Waals surface area contributed by atoms with Crippen molar-refractivity contribution in [3.05, 3.63) is 142 Å². The molecular weight excluding hydrogens is 715 g/mol. The fourth-order valence-corrected chi connectivity index (χ4v) is 5.64. The predicted octanol–water partition coefficient (Wildman–Crippen LogP) is 10.9. The van der Waals surface area contributed by atoms with E-state index in [-0.39, 0.29) is 63.8 Å². The number of rotatable bonds is 1. The number of hydrogen-bond donors (Lipinski definition) is 0. The molecule has 3 aliphatic rings. The molecule has 7 rings (SSSR count). The molecule has 0 aliphatic heterocycles. The van der Waals surface area contributed by atoms with E-state index in [9.17, 15) is 0 Å². The zero-order valence-electron chi connectivity index (χ0n) is 26.9. The van der Waals surface area contributed by atoms with Crippen molar-refractivity contribution >= 4 is 0 Å². The van der Waals surface area contributed by atoms with Crippen LogP contribution in [-0.4, -0.2) is 4.98 Å². The van der Waals surface area contributed by atoms with Gasteiger partial charge in [-0.25, -0.2) is 0 Å². The zero-order valence-corrected chi connectivity index (χ0v) is 30.0. The van der Waals surface area contributed by atoms with Crippen LogP contribution >= 0.6 is 0 Å². The van der Waals surface area contributed by atoms with Crippen LogP contribution in [0.1, 0.15) is 131 Å². The van der Waals surface area contributed by atoms with E-state index in [2.05, 4.69) is 67.1 Å². The molecule has 0 saturated heterocycles. The van der Waals surface area contributed by atoms with E-state index in [0.717, 1.165) is 12.8 Å². The summed E-state index contributed by atoms with van der Waals surface area (Å²) in [6.07, 6.45) is 10.3. The van der Waals surface area contributed by atoms with E-state index in [0.29, 0.717) is 5.92 Å². The monoisotopic (exact) mass is 765 g/mol. The second-order valence-electron chi connectivity index (χ2n) is 9.02. The Labute approximate surface area is 301 Å². The Morgan fingerprint density at radius 3 is 1.93 bits per heavy atom. The third-order valence-electron chi connectivity index (χ3n) is 7.11. The van der Waals surface area contributed by atoms with Crippen LogP contribution in [0.2, 0.25) is 0 Å². The number of nitrogens with zero attached hydrogens (tertiary/aromatic N) is 1. The van der Waals surface area contributed by atoms with E-state index >= 15 is 0 Å². The molecule has 0 bridgehead atoms. The van der Waals surface area contributed by atoms with Crippen molar-refractivity contribution in [3.8, 4) is 0 Å². The van der Waals surface area contributed by atoms with Gasteiger partial charge < -0.3 is 6.42 Å². The Bertz CT molecular complexity index is 1180. The van der Waals surface area contributed by atoms with Crippen molar-refractivity contribution in [2.24, 2.45) is 0 Å². The van der Waals surface area contributed by atoms with Gasteiger partial charge in [-0.05, 0) is 35.6 Å². The van der Waals surface area contributed by atoms with Gasteiger partial charge in [0.2, 0.25) is 0 Å². The topological polar surface area (TPSA) is 12.9 Å². The van der Waals surface area contributed by atoms with Crippen LogP contribution in [0.3, 0.4) is 0 Å². The smallest absolute Gasteiger partial charge is 0.323 e. The van der Waals surface area contributed by atoms with E-state index in [1.807, 2.05) is 85.9 Å². The van der Waals surface area contributed by atoms with Gasteiger partial charge in [-0.1, -0.05) is 98.1 Å². The second kappa shape index (κ2) is 23.1. The van der Waals surface area contributed by atoms with Gasteiger partial charge in [-0.15, -0.1) is 11.1 Å². The summed E-state index contributed by atoms with van der Waals surface area (Å²) in [7, 11) is 0. The Balaban J connectivity index is 0.000000688. The van der Waals surface area contributed by atoms with Crippen LogP contribution in [0.25, 0.3) is 0 Å². The molecule has 0 spiro atoms. The molecule has 2 unspecified atom stereocenters. The molecule has 0 N–H and O–H groups in total. The second-order valence-corrected chi connectivity index (χ2v) is 9.02. The van der Waals surface area contributed by atoms with Gasteiger partial charge in [0.25, 0.3) is 0 Å². The Morgan fingerprint density at radius 1 is 0.690 bits per heavy atom. The first-order valence-electron chi connectivity index (χ1n) is 15.7. The van der Waals surface area contributed by atoms with E-state index in [1.54, 1.807) is 0 Å². The minimum absolute atomic E-state index is 0. The van der Waals surface area contributed by atoms with Crippen LogP contribution in [0.5, 0.6) is 0 Å². The molecule has 3 heteroatoms. The van der Waals surface area contributed by atoms with Gasteiger partial charge in [-0.2, -0.15) is 72.5 Å². The van der Waals surface area contributed by atoms with Crippen LogP contribution in [-0.2, 0) is 32.9 Å². The molecule has 0 radical (unpaired) electrons. The first-order valence-corrected chi connectivity index (χ1v) is 15.7. The fourth-order valence-electron chi connectivity index (χ4n) is 5.64. The van der Waals surface area contributed by atoms with Crippen LogP contribution in [0, 0.1) is 56.3 Å². The molecule has 3 aliphatic carbocycles. The fraction of sp³-hybridized carbons (Fsp3) is 0.385. The SMILES string of the molecule is CC.CC.CC.CC.[Ar].[Ir+3].[c-]1cccc2c1C1c3ncccc3Cc3cccc(c31)C2.[c-]1ccccc1C1[CH-]CCC1. The summed E-state index contributed by atoms with van der Waals surface area (Å²) in [5.74, 6) is 0.960. The normalized spacial score (nSPS) is 15.6. The van der Waals surface area contributed by atoms with Gasteiger partial charge in [0.1, 0.15) is 0 Å². The largest absolute Gasteiger partial charge is 3.00 e. The summed E-state index contributed by atoms with van der Waals surface area (Å²) in [5, 5.41) is 0. The molecule has 1 aromatic heterocycles. The molecule has 2 atom stereocenters. The molecule has 1 fully saturated rings. The van der Waals surface area contributed by atoms with Gasteiger partial charge in [-0.3, -0.25) is 4.98 Å². The van der Waals surface area contributed by atoms with Gasteiger partial charge >= 0.3 is 20.1 Å². The number of benzene rings is 3. The molecule has 1 saturated carbocycles. The summed E-state index contributed by atoms with van der Waals surface area (Å²) in [5.41, 5.74) is 11.1. The summed E-state index contributed by atoms with van der Waals surface area (Å²) in [6.45, 7) is 16.0. The van der Waals surface area contributed by atoms with Gasteiger partial charge in [0, 0.05) is 49.9 Å². The summed E-state index contributed by atoms with van der Waals surface area (Å²) >= 11 is 0. The van der Waals surface area contributed by atoms with Crippen LogP contribution < -0.4 is 0 Å². The summed E-state index contributed by atoms with van der Waals surface area (Å²) in [6, 6.07) is 32.4. The minimum atomic E-state index is 0. The zero-order chi connectivity index (χ0) is 29.3. The molecule has 42 heavy (non-hydrogen) atoms. The Morgan fingerprint density at radius 2 is 1.31 bits per heavy atom. The van der Waals surface area contributed by atoms with Crippen molar-refractivity contribution in [1.82, 2.24) is 4.98 Å². The van der Waals surface area contributed by atoms with Crippen molar-refractivity contribution in [2.75, 3.05) is 0 Å². The third-order valence-corrected chi connectivity index (χ3v) is 7.11. The first-order chi connectivity index (χ1) is 19.9. The minimum Gasteiger partial charge on any atom is -0.323 e. The number of pyridine rings is 1. The average molecular weight is 765 g/mol. The maximum Gasteiger partial charge on any atom is 3.00 e. The molecule has 0 amide bonds. The number of fused-ring (bicyclic) bond motifs is 4. The van der Waals surface area contributed by atoms with Gasteiger partial charge in [0.05, 0.1) is 5.69 Å². The van der Waals surface area contributed by atoms with Crippen LogP contribution in [0.4, 0.5) is 0 Å². The average Bonchev–Trinajstić information content (AvgIpc) is 3.61. The molecule has 3 aromatic carbocycles. The summed E-state index contributed by atoms with van der Waals surface area (Å²) in [4.78, 5) is 4.72. The quantitative estimate of drug-likeness (QED) is 0.152.